The fourth-order valence-corrected chi connectivity index (χ4v) is 3.45. The molecule has 0 unspecified atom stereocenters. The van der Waals surface area contributed by atoms with Gasteiger partial charge in [-0.15, -0.1) is 0 Å². The molecule has 19 heavy (non-hydrogen) atoms. The van der Waals surface area contributed by atoms with Crippen molar-refractivity contribution in [2.45, 2.75) is 20.3 Å². The second-order valence-corrected chi connectivity index (χ2v) is 6.85. The topological polar surface area (TPSA) is 75.2 Å². The van der Waals surface area contributed by atoms with Crippen LogP contribution in [0.4, 0.5) is 11.6 Å². The van der Waals surface area contributed by atoms with Crippen LogP contribution in [0.2, 0.25) is 0 Å². The van der Waals surface area contributed by atoms with E-state index in [-0.39, 0.29) is 11.5 Å². The molecule has 1 aliphatic heterocycles. The molecule has 0 aliphatic carbocycles. The third kappa shape index (κ3) is 3.15. The molecular formula is C12H20N4O2S. The third-order valence-corrected chi connectivity index (χ3v) is 4.87. The molecule has 0 amide bonds. The summed E-state index contributed by atoms with van der Waals surface area (Å²) in [7, 11) is -2.86. The van der Waals surface area contributed by atoms with Gasteiger partial charge in [0.05, 0.1) is 11.5 Å². The van der Waals surface area contributed by atoms with Gasteiger partial charge in [0.1, 0.15) is 18.0 Å². The molecule has 7 heteroatoms. The lowest BCUT2D eigenvalue weighted by Gasteiger charge is -2.29. The number of hydrogen-bond donors (Lipinski definition) is 1. The van der Waals surface area contributed by atoms with Gasteiger partial charge in [-0.2, -0.15) is 0 Å². The minimum atomic E-state index is -2.86. The van der Waals surface area contributed by atoms with Gasteiger partial charge in [0.15, 0.2) is 9.84 Å². The van der Waals surface area contributed by atoms with Gasteiger partial charge in [0.2, 0.25) is 0 Å². The molecule has 0 bridgehead atoms. The summed E-state index contributed by atoms with van der Waals surface area (Å²) in [5, 5.41) is 3.23. The first-order chi connectivity index (χ1) is 9.07. The number of nitrogens with zero attached hydrogens (tertiary/aromatic N) is 3. The predicted octanol–water partition coefficient (Wildman–Crippen LogP) is 0.706. The second-order valence-electron chi connectivity index (χ2n) is 4.55. The van der Waals surface area contributed by atoms with Crippen LogP contribution in [0.5, 0.6) is 0 Å². The molecule has 1 aromatic heterocycles. The third-order valence-electron chi connectivity index (χ3n) is 3.26. The number of anilines is 2. The van der Waals surface area contributed by atoms with Gasteiger partial charge in [-0.05, 0) is 13.3 Å². The zero-order valence-corrected chi connectivity index (χ0v) is 12.2. The fourth-order valence-electron chi connectivity index (χ4n) is 2.25. The molecule has 0 saturated carbocycles. The molecule has 0 radical (unpaired) electrons. The molecule has 1 aromatic rings. The number of nitrogens with one attached hydrogen (secondary N) is 1. The van der Waals surface area contributed by atoms with Gasteiger partial charge >= 0.3 is 0 Å². The van der Waals surface area contributed by atoms with E-state index in [0.717, 1.165) is 30.2 Å². The number of sulfone groups is 1. The zero-order valence-electron chi connectivity index (χ0n) is 11.4. The van der Waals surface area contributed by atoms with E-state index in [1.165, 1.54) is 6.33 Å². The lowest BCUT2D eigenvalue weighted by atomic mass is 10.2. The predicted molar refractivity (Wildman–Crippen MR) is 76.4 cm³/mol. The molecule has 1 fully saturated rings. The van der Waals surface area contributed by atoms with Crippen molar-refractivity contribution in [3.63, 3.8) is 0 Å². The first-order valence-corrected chi connectivity index (χ1v) is 8.42. The smallest absolute Gasteiger partial charge is 0.153 e. The van der Waals surface area contributed by atoms with Crippen LogP contribution in [0, 0.1) is 0 Å². The summed E-state index contributed by atoms with van der Waals surface area (Å²) in [6.45, 7) is 5.91. The Morgan fingerprint density at radius 3 is 2.53 bits per heavy atom. The highest BCUT2D eigenvalue weighted by Gasteiger charge is 2.24. The van der Waals surface area contributed by atoms with Crippen LogP contribution in [0.15, 0.2) is 6.33 Å². The van der Waals surface area contributed by atoms with Crippen LogP contribution in [0.3, 0.4) is 0 Å². The lowest BCUT2D eigenvalue weighted by Crippen LogP contribution is -2.41. The highest BCUT2D eigenvalue weighted by molar-refractivity contribution is 7.91. The summed E-state index contributed by atoms with van der Waals surface area (Å²) in [5.74, 6) is 2.12. The first-order valence-electron chi connectivity index (χ1n) is 6.60. The summed E-state index contributed by atoms with van der Waals surface area (Å²) in [6.07, 6.45) is 2.36. The maximum atomic E-state index is 11.5. The van der Waals surface area contributed by atoms with Crippen molar-refractivity contribution >= 4 is 21.5 Å². The van der Waals surface area contributed by atoms with E-state index in [4.69, 9.17) is 0 Å². The number of hydrogen-bond acceptors (Lipinski definition) is 6. The van der Waals surface area contributed by atoms with Crippen LogP contribution >= 0.6 is 0 Å². The van der Waals surface area contributed by atoms with E-state index in [1.807, 2.05) is 11.8 Å². The van der Waals surface area contributed by atoms with Crippen molar-refractivity contribution in [3.05, 3.63) is 11.9 Å². The summed E-state index contributed by atoms with van der Waals surface area (Å²) in [6, 6.07) is 0. The van der Waals surface area contributed by atoms with Gasteiger partial charge in [0, 0.05) is 25.2 Å². The van der Waals surface area contributed by atoms with Crippen molar-refractivity contribution in [1.82, 2.24) is 9.97 Å². The number of rotatable bonds is 4. The maximum Gasteiger partial charge on any atom is 0.153 e. The zero-order chi connectivity index (χ0) is 13.9. The molecule has 6 nitrogen and oxygen atoms in total. The Labute approximate surface area is 114 Å². The largest absolute Gasteiger partial charge is 0.370 e. The van der Waals surface area contributed by atoms with E-state index in [2.05, 4.69) is 22.2 Å². The Kier molecular flexibility index (Phi) is 4.24. The van der Waals surface area contributed by atoms with Gasteiger partial charge in [-0.25, -0.2) is 18.4 Å². The van der Waals surface area contributed by atoms with Crippen LogP contribution < -0.4 is 10.2 Å². The van der Waals surface area contributed by atoms with Crippen LogP contribution in [0.1, 0.15) is 19.4 Å². The summed E-state index contributed by atoms with van der Waals surface area (Å²) < 4.78 is 23.0. The highest BCUT2D eigenvalue weighted by atomic mass is 32.2. The van der Waals surface area contributed by atoms with Crippen molar-refractivity contribution in [2.75, 3.05) is 41.4 Å². The van der Waals surface area contributed by atoms with Gasteiger partial charge in [-0.3, -0.25) is 0 Å². The highest BCUT2D eigenvalue weighted by Crippen LogP contribution is 2.25. The average Bonchev–Trinajstić information content (AvgIpc) is 2.39. The first kappa shape index (κ1) is 14.0. The minimum Gasteiger partial charge on any atom is -0.370 e. The van der Waals surface area contributed by atoms with Crippen molar-refractivity contribution in [3.8, 4) is 0 Å². The average molecular weight is 284 g/mol. The molecule has 0 atom stereocenters. The standard InChI is InChI=1S/C12H20N4O2S/c1-3-10-11(13-4-2)14-9-15-12(10)16-5-7-19(17,18)8-6-16/h9H,3-8H2,1-2H3,(H,13,14,15). The lowest BCUT2D eigenvalue weighted by molar-refractivity contribution is 0.586. The Hall–Kier alpha value is -1.37. The van der Waals surface area contributed by atoms with Gasteiger partial charge in [-0.1, -0.05) is 6.92 Å². The molecular weight excluding hydrogens is 264 g/mol. The minimum absolute atomic E-state index is 0.205. The summed E-state index contributed by atoms with van der Waals surface area (Å²) in [5.41, 5.74) is 1.06. The van der Waals surface area contributed by atoms with E-state index in [9.17, 15) is 8.42 Å². The van der Waals surface area contributed by atoms with E-state index >= 15 is 0 Å². The molecule has 106 valence electrons. The Balaban J connectivity index is 2.27. The molecule has 0 spiro atoms. The fraction of sp³-hybridized carbons (Fsp3) is 0.667. The molecule has 1 N–H and O–H groups in total. The second kappa shape index (κ2) is 5.73. The monoisotopic (exact) mass is 284 g/mol. The van der Waals surface area contributed by atoms with E-state index in [1.54, 1.807) is 0 Å². The van der Waals surface area contributed by atoms with Gasteiger partial charge < -0.3 is 10.2 Å². The van der Waals surface area contributed by atoms with Crippen molar-refractivity contribution in [2.24, 2.45) is 0 Å². The Morgan fingerprint density at radius 2 is 1.95 bits per heavy atom. The van der Waals surface area contributed by atoms with Crippen LogP contribution in [0.25, 0.3) is 0 Å². The van der Waals surface area contributed by atoms with Crippen LogP contribution in [-0.4, -0.2) is 49.5 Å². The Bertz CT molecular complexity index is 531. The quantitative estimate of drug-likeness (QED) is 0.877. The van der Waals surface area contributed by atoms with E-state index < -0.39 is 9.84 Å². The van der Waals surface area contributed by atoms with Gasteiger partial charge in [0.25, 0.3) is 0 Å². The van der Waals surface area contributed by atoms with E-state index in [0.29, 0.717) is 13.1 Å². The SMILES string of the molecule is CCNc1ncnc(N2CCS(=O)(=O)CC2)c1CC. The molecule has 1 saturated heterocycles. The molecule has 0 aromatic carbocycles. The maximum absolute atomic E-state index is 11.5. The molecule has 2 rings (SSSR count). The van der Waals surface area contributed by atoms with Crippen molar-refractivity contribution < 1.29 is 8.42 Å². The summed E-state index contributed by atoms with van der Waals surface area (Å²) in [4.78, 5) is 10.6. The Morgan fingerprint density at radius 1 is 1.26 bits per heavy atom. The van der Waals surface area contributed by atoms with Crippen LogP contribution in [-0.2, 0) is 16.3 Å². The summed E-state index contributed by atoms with van der Waals surface area (Å²) >= 11 is 0. The molecule has 2 heterocycles. The number of aromatic nitrogens is 2. The molecule has 1 aliphatic rings. The van der Waals surface area contributed by atoms with Crippen molar-refractivity contribution in [1.29, 1.82) is 0 Å². The normalized spacial score (nSPS) is 18.3.